The number of ether oxygens (including phenoxy) is 1. The highest BCUT2D eigenvalue weighted by molar-refractivity contribution is 5.85. The van der Waals surface area contributed by atoms with Gasteiger partial charge in [-0.15, -0.1) is 12.4 Å². The standard InChI is InChI=1S/C15H20F2N2O2.ClH/c16-15(17)21-13-6-3-11(4-7-13)5-8-14(20)19-12-2-1-9-18-10-12;/h3-4,6-7,12,15,18H,1-2,5,8-10H2,(H,19,20);1H. The van der Waals surface area contributed by atoms with Crippen LogP contribution >= 0.6 is 12.4 Å². The fraction of sp³-hybridized carbons (Fsp3) is 0.533. The van der Waals surface area contributed by atoms with Crippen LogP contribution in [0.4, 0.5) is 8.78 Å². The molecule has 1 unspecified atom stereocenters. The zero-order chi connectivity index (χ0) is 15.1. The predicted molar refractivity (Wildman–Crippen MR) is 82.7 cm³/mol. The van der Waals surface area contributed by atoms with Crippen LogP contribution in [-0.4, -0.2) is 31.7 Å². The highest BCUT2D eigenvalue weighted by Crippen LogP contribution is 2.15. The lowest BCUT2D eigenvalue weighted by Crippen LogP contribution is -2.45. The summed E-state index contributed by atoms with van der Waals surface area (Å²) < 4.78 is 28.3. The molecule has 7 heteroatoms. The summed E-state index contributed by atoms with van der Waals surface area (Å²) in [6.45, 7) is -0.976. The Morgan fingerprint density at radius 1 is 1.36 bits per heavy atom. The lowest BCUT2D eigenvalue weighted by molar-refractivity contribution is -0.121. The normalized spacial score (nSPS) is 17.7. The first-order valence-electron chi connectivity index (χ1n) is 7.17. The number of rotatable bonds is 6. The molecule has 0 aromatic heterocycles. The summed E-state index contributed by atoms with van der Waals surface area (Å²) in [5.74, 6) is 0.156. The van der Waals surface area contributed by atoms with Crippen LogP contribution in [0.5, 0.6) is 5.75 Å². The zero-order valence-electron chi connectivity index (χ0n) is 12.2. The Morgan fingerprint density at radius 2 is 2.09 bits per heavy atom. The Labute approximate surface area is 135 Å². The summed E-state index contributed by atoms with van der Waals surface area (Å²) in [7, 11) is 0. The molecule has 1 heterocycles. The summed E-state index contributed by atoms with van der Waals surface area (Å²) in [6.07, 6.45) is 3.07. The second-order valence-corrected chi connectivity index (χ2v) is 5.13. The molecule has 2 N–H and O–H groups in total. The fourth-order valence-electron chi connectivity index (χ4n) is 2.37. The quantitative estimate of drug-likeness (QED) is 0.840. The van der Waals surface area contributed by atoms with E-state index >= 15 is 0 Å². The van der Waals surface area contributed by atoms with Crippen LogP contribution in [0.3, 0.4) is 0 Å². The molecule has 1 aromatic carbocycles. The minimum absolute atomic E-state index is 0. The number of halogens is 3. The first-order chi connectivity index (χ1) is 10.1. The van der Waals surface area contributed by atoms with Crippen molar-refractivity contribution in [2.24, 2.45) is 0 Å². The van der Waals surface area contributed by atoms with Gasteiger partial charge in [-0.05, 0) is 43.5 Å². The number of amides is 1. The highest BCUT2D eigenvalue weighted by atomic mass is 35.5. The van der Waals surface area contributed by atoms with Crippen molar-refractivity contribution in [1.82, 2.24) is 10.6 Å². The van der Waals surface area contributed by atoms with Crippen molar-refractivity contribution in [3.05, 3.63) is 29.8 Å². The van der Waals surface area contributed by atoms with Crippen molar-refractivity contribution in [1.29, 1.82) is 0 Å². The Balaban J connectivity index is 0.00000242. The van der Waals surface area contributed by atoms with Crippen molar-refractivity contribution in [3.63, 3.8) is 0 Å². The smallest absolute Gasteiger partial charge is 0.387 e. The molecule has 0 saturated carbocycles. The average molecular weight is 335 g/mol. The minimum Gasteiger partial charge on any atom is -0.435 e. The van der Waals surface area contributed by atoms with E-state index in [0.717, 1.165) is 31.5 Å². The van der Waals surface area contributed by atoms with E-state index in [4.69, 9.17) is 0 Å². The molecule has 1 aliphatic rings. The molecule has 1 aliphatic heterocycles. The predicted octanol–water partition coefficient (Wildman–Crippen LogP) is 2.51. The van der Waals surface area contributed by atoms with E-state index in [0.29, 0.717) is 12.8 Å². The number of piperidine rings is 1. The number of nitrogens with one attached hydrogen (secondary N) is 2. The molecule has 0 aliphatic carbocycles. The maximum absolute atomic E-state index is 12.0. The molecular formula is C15H21ClF2N2O2. The van der Waals surface area contributed by atoms with Gasteiger partial charge in [-0.25, -0.2) is 0 Å². The molecule has 0 bridgehead atoms. The third-order valence-electron chi connectivity index (χ3n) is 3.45. The van der Waals surface area contributed by atoms with Crippen LogP contribution in [0.1, 0.15) is 24.8 Å². The SMILES string of the molecule is Cl.O=C(CCc1ccc(OC(F)F)cc1)NC1CCCNC1. The number of benzene rings is 1. The van der Waals surface area contributed by atoms with E-state index in [-0.39, 0.29) is 30.1 Å². The zero-order valence-corrected chi connectivity index (χ0v) is 13.0. The van der Waals surface area contributed by atoms with Crippen LogP contribution in [0, 0.1) is 0 Å². The second-order valence-electron chi connectivity index (χ2n) is 5.13. The van der Waals surface area contributed by atoms with E-state index < -0.39 is 6.61 Å². The molecule has 22 heavy (non-hydrogen) atoms. The first-order valence-corrected chi connectivity index (χ1v) is 7.17. The molecule has 124 valence electrons. The van der Waals surface area contributed by atoms with E-state index in [1.165, 1.54) is 12.1 Å². The number of alkyl halides is 2. The monoisotopic (exact) mass is 334 g/mol. The molecule has 1 atom stereocenters. The summed E-state index contributed by atoms with van der Waals surface area (Å²) in [6, 6.07) is 6.60. The van der Waals surface area contributed by atoms with Crippen LogP contribution in [0.15, 0.2) is 24.3 Å². The maximum atomic E-state index is 12.0. The van der Waals surface area contributed by atoms with Gasteiger partial charge in [0.15, 0.2) is 0 Å². The third-order valence-corrected chi connectivity index (χ3v) is 3.45. The number of hydrogen-bond acceptors (Lipinski definition) is 3. The van der Waals surface area contributed by atoms with Gasteiger partial charge in [0.2, 0.25) is 5.91 Å². The molecule has 2 rings (SSSR count). The molecule has 4 nitrogen and oxygen atoms in total. The van der Waals surface area contributed by atoms with E-state index in [1.54, 1.807) is 12.1 Å². The largest absolute Gasteiger partial charge is 0.435 e. The summed E-state index contributed by atoms with van der Waals surface area (Å²) in [4.78, 5) is 11.8. The molecule has 1 fully saturated rings. The minimum atomic E-state index is -2.81. The van der Waals surface area contributed by atoms with Gasteiger partial charge in [0, 0.05) is 19.0 Å². The Morgan fingerprint density at radius 3 is 2.68 bits per heavy atom. The van der Waals surface area contributed by atoms with Crippen LogP contribution < -0.4 is 15.4 Å². The van der Waals surface area contributed by atoms with Crippen LogP contribution in [0.25, 0.3) is 0 Å². The Hall–Kier alpha value is -1.40. The number of aryl methyl sites for hydroxylation is 1. The van der Waals surface area contributed by atoms with Gasteiger partial charge >= 0.3 is 6.61 Å². The van der Waals surface area contributed by atoms with Crippen molar-refractivity contribution < 1.29 is 18.3 Å². The van der Waals surface area contributed by atoms with Gasteiger partial charge < -0.3 is 15.4 Å². The average Bonchev–Trinajstić information content (AvgIpc) is 2.47. The van der Waals surface area contributed by atoms with E-state index in [2.05, 4.69) is 15.4 Å². The molecule has 0 spiro atoms. The van der Waals surface area contributed by atoms with Gasteiger partial charge in [-0.2, -0.15) is 8.78 Å². The summed E-state index contributed by atoms with van der Waals surface area (Å²) >= 11 is 0. The molecule has 0 radical (unpaired) electrons. The molecule has 1 saturated heterocycles. The van der Waals surface area contributed by atoms with Gasteiger partial charge in [0.05, 0.1) is 0 Å². The summed E-state index contributed by atoms with van der Waals surface area (Å²) in [5.41, 5.74) is 0.925. The fourth-order valence-corrected chi connectivity index (χ4v) is 2.37. The number of carbonyl (C=O) groups excluding carboxylic acids is 1. The Kier molecular flexibility index (Phi) is 8.12. The highest BCUT2D eigenvalue weighted by Gasteiger charge is 2.15. The van der Waals surface area contributed by atoms with Crippen LogP contribution in [-0.2, 0) is 11.2 Å². The summed E-state index contributed by atoms with van der Waals surface area (Å²) in [5, 5.41) is 6.25. The molecular weight excluding hydrogens is 314 g/mol. The third kappa shape index (κ3) is 6.58. The maximum Gasteiger partial charge on any atom is 0.387 e. The van der Waals surface area contributed by atoms with Crippen molar-refractivity contribution in [3.8, 4) is 5.75 Å². The molecule has 1 amide bonds. The number of hydrogen-bond donors (Lipinski definition) is 2. The van der Waals surface area contributed by atoms with E-state index in [1.807, 2.05) is 0 Å². The van der Waals surface area contributed by atoms with Gasteiger partial charge in [-0.3, -0.25) is 4.79 Å². The molecule has 1 aromatic rings. The lowest BCUT2D eigenvalue weighted by Gasteiger charge is -2.23. The lowest BCUT2D eigenvalue weighted by atomic mass is 10.1. The Bertz CT molecular complexity index is 451. The second kappa shape index (κ2) is 9.58. The van der Waals surface area contributed by atoms with Crippen LogP contribution in [0.2, 0.25) is 0 Å². The van der Waals surface area contributed by atoms with Gasteiger partial charge in [-0.1, -0.05) is 12.1 Å². The van der Waals surface area contributed by atoms with Gasteiger partial charge in [0.1, 0.15) is 5.75 Å². The van der Waals surface area contributed by atoms with Gasteiger partial charge in [0.25, 0.3) is 0 Å². The van der Waals surface area contributed by atoms with Crippen molar-refractivity contribution >= 4 is 18.3 Å². The first kappa shape index (κ1) is 18.6. The van der Waals surface area contributed by atoms with Crippen molar-refractivity contribution in [2.75, 3.05) is 13.1 Å². The van der Waals surface area contributed by atoms with E-state index in [9.17, 15) is 13.6 Å². The number of carbonyl (C=O) groups is 1. The topological polar surface area (TPSA) is 50.4 Å². The van der Waals surface area contributed by atoms with Crippen molar-refractivity contribution in [2.45, 2.75) is 38.3 Å².